The van der Waals surface area contributed by atoms with Gasteiger partial charge >= 0.3 is 0 Å². The summed E-state index contributed by atoms with van der Waals surface area (Å²) in [5, 5.41) is 8.78. The molecule has 0 aliphatic carbocycles. The van der Waals surface area contributed by atoms with E-state index in [1.807, 2.05) is 24.3 Å². The number of nitrogens with one attached hydrogen (secondary N) is 1. The molecule has 6 nitrogen and oxygen atoms in total. The topological polar surface area (TPSA) is 56.9 Å². The largest absolute Gasteiger partial charge is 0.364 e. The molecule has 1 saturated heterocycles. The first-order valence-electron chi connectivity index (χ1n) is 9.25. The van der Waals surface area contributed by atoms with Crippen molar-refractivity contribution in [2.24, 2.45) is 4.99 Å². The number of nitrogens with zero attached hydrogens (tertiary/aromatic N) is 4. The van der Waals surface area contributed by atoms with Crippen LogP contribution in [-0.2, 0) is 13.0 Å². The summed E-state index contributed by atoms with van der Waals surface area (Å²) in [7, 11) is 0. The molecular weight excluding hydrogens is 512 g/mol. The molecule has 1 aliphatic rings. The average molecular weight is 538 g/mol. The van der Waals surface area contributed by atoms with Gasteiger partial charge in [0, 0.05) is 61.9 Å². The van der Waals surface area contributed by atoms with Gasteiger partial charge < -0.3 is 14.7 Å². The number of hydrogen-bond donors (Lipinski definition) is 1. The van der Waals surface area contributed by atoms with Crippen molar-refractivity contribution in [2.75, 3.05) is 39.3 Å². The van der Waals surface area contributed by atoms with Crippen molar-refractivity contribution in [1.82, 2.24) is 20.3 Å². The van der Waals surface area contributed by atoms with Crippen LogP contribution in [0.25, 0.3) is 0 Å². The van der Waals surface area contributed by atoms with Gasteiger partial charge in [0.2, 0.25) is 0 Å². The molecule has 1 aliphatic heterocycles. The molecule has 1 aromatic carbocycles. The Morgan fingerprint density at radius 2 is 1.89 bits per heavy atom. The van der Waals surface area contributed by atoms with E-state index in [0.29, 0.717) is 16.6 Å². The fraction of sp³-hybridized carbons (Fsp3) is 0.474. The van der Waals surface area contributed by atoms with Crippen LogP contribution in [0, 0.1) is 0 Å². The number of benzene rings is 1. The second-order valence-electron chi connectivity index (χ2n) is 6.44. The molecule has 2 aromatic rings. The normalized spacial score (nSPS) is 15.4. The number of rotatable bonds is 6. The lowest BCUT2D eigenvalue weighted by Crippen LogP contribution is -2.52. The zero-order valence-electron chi connectivity index (χ0n) is 15.9. The number of hydrogen-bond acceptors (Lipinski definition) is 4. The summed E-state index contributed by atoms with van der Waals surface area (Å²) >= 11 is 12.5. The fourth-order valence-electron chi connectivity index (χ4n) is 3.14. The van der Waals surface area contributed by atoms with Crippen molar-refractivity contribution in [3.05, 3.63) is 51.8 Å². The van der Waals surface area contributed by atoms with Crippen LogP contribution in [0.4, 0.5) is 0 Å². The molecule has 0 bridgehead atoms. The maximum atomic E-state index is 6.25. The lowest BCUT2D eigenvalue weighted by Gasteiger charge is -2.36. The zero-order chi connectivity index (χ0) is 19.1. The molecule has 0 radical (unpaired) electrons. The van der Waals surface area contributed by atoms with Gasteiger partial charge in [-0.3, -0.25) is 9.89 Å². The van der Waals surface area contributed by atoms with Gasteiger partial charge in [0.05, 0.1) is 5.69 Å². The van der Waals surface area contributed by atoms with Crippen molar-refractivity contribution in [2.45, 2.75) is 19.9 Å². The van der Waals surface area contributed by atoms with Gasteiger partial charge in [0.15, 0.2) is 5.96 Å². The Balaban J connectivity index is 0.00000280. The second kappa shape index (κ2) is 11.8. The van der Waals surface area contributed by atoms with Crippen LogP contribution in [0.5, 0.6) is 0 Å². The number of halogens is 3. The molecule has 154 valence electrons. The third-order valence-corrected chi connectivity index (χ3v) is 5.28. The smallest absolute Gasteiger partial charge is 0.194 e. The molecule has 0 atom stereocenters. The van der Waals surface area contributed by atoms with Crippen molar-refractivity contribution in [1.29, 1.82) is 0 Å². The Morgan fingerprint density at radius 1 is 1.18 bits per heavy atom. The van der Waals surface area contributed by atoms with Crippen LogP contribution in [0.1, 0.15) is 18.2 Å². The minimum absolute atomic E-state index is 0. The molecule has 28 heavy (non-hydrogen) atoms. The molecule has 0 unspecified atom stereocenters. The third-order valence-electron chi connectivity index (χ3n) is 4.57. The van der Waals surface area contributed by atoms with E-state index >= 15 is 0 Å². The third kappa shape index (κ3) is 6.50. The van der Waals surface area contributed by atoms with Gasteiger partial charge in [0.1, 0.15) is 6.26 Å². The number of guanidine groups is 1. The van der Waals surface area contributed by atoms with E-state index in [0.717, 1.165) is 62.9 Å². The van der Waals surface area contributed by atoms with E-state index in [2.05, 4.69) is 27.2 Å². The van der Waals surface area contributed by atoms with E-state index < -0.39 is 0 Å². The maximum absolute atomic E-state index is 6.25. The molecule has 9 heteroatoms. The monoisotopic (exact) mass is 537 g/mol. The van der Waals surface area contributed by atoms with Crippen LogP contribution >= 0.6 is 47.2 Å². The van der Waals surface area contributed by atoms with Gasteiger partial charge in [0.25, 0.3) is 0 Å². The van der Waals surface area contributed by atoms with E-state index in [9.17, 15) is 0 Å². The molecule has 1 fully saturated rings. The molecule has 0 spiro atoms. The average Bonchev–Trinajstić information content (AvgIpc) is 3.17. The van der Waals surface area contributed by atoms with Crippen LogP contribution in [0.2, 0.25) is 10.0 Å². The van der Waals surface area contributed by atoms with Crippen LogP contribution in [-0.4, -0.2) is 60.2 Å². The second-order valence-corrected chi connectivity index (χ2v) is 7.25. The molecule has 1 N–H and O–H groups in total. The minimum atomic E-state index is 0. The van der Waals surface area contributed by atoms with Gasteiger partial charge in [-0.15, -0.1) is 24.0 Å². The van der Waals surface area contributed by atoms with Gasteiger partial charge in [-0.2, -0.15) is 0 Å². The van der Waals surface area contributed by atoms with Gasteiger partial charge in [-0.05, 0) is 31.0 Å². The van der Waals surface area contributed by atoms with Gasteiger partial charge in [-0.1, -0.05) is 34.4 Å². The Hall–Kier alpha value is -1.03. The summed E-state index contributed by atoms with van der Waals surface area (Å²) in [6.07, 6.45) is 2.34. The van der Waals surface area contributed by atoms with Crippen LogP contribution in [0.15, 0.2) is 40.0 Å². The Morgan fingerprint density at radius 3 is 2.50 bits per heavy atom. The number of aliphatic imine (C=N–C) groups is 1. The SMILES string of the molecule is CCNC(=NCCc1c(Cl)cccc1Cl)N1CCN(Cc2ccon2)CC1.I. The standard InChI is InChI=1S/C19H25Cl2N5O.HI/c1-2-22-19(23-8-6-16-17(20)4-3-5-18(16)21)26-11-9-25(10-12-26)14-15-7-13-27-24-15;/h3-5,7,13H,2,6,8-12,14H2,1H3,(H,22,23);1H. The zero-order valence-corrected chi connectivity index (χ0v) is 19.7. The van der Waals surface area contributed by atoms with Crippen LogP contribution < -0.4 is 5.32 Å². The Bertz CT molecular complexity index is 729. The van der Waals surface area contributed by atoms with E-state index in [-0.39, 0.29) is 24.0 Å². The Kier molecular flexibility index (Phi) is 9.84. The van der Waals surface area contributed by atoms with Crippen LogP contribution in [0.3, 0.4) is 0 Å². The molecule has 0 saturated carbocycles. The van der Waals surface area contributed by atoms with Gasteiger partial charge in [-0.25, -0.2) is 0 Å². The highest BCUT2D eigenvalue weighted by atomic mass is 127. The highest BCUT2D eigenvalue weighted by molar-refractivity contribution is 14.0. The first-order chi connectivity index (χ1) is 13.2. The lowest BCUT2D eigenvalue weighted by molar-refractivity contribution is 0.169. The highest BCUT2D eigenvalue weighted by Gasteiger charge is 2.20. The van der Waals surface area contributed by atoms with E-state index in [1.165, 1.54) is 0 Å². The summed E-state index contributed by atoms with van der Waals surface area (Å²) in [5.74, 6) is 0.946. The van der Waals surface area contributed by atoms with Crippen molar-refractivity contribution in [3.63, 3.8) is 0 Å². The van der Waals surface area contributed by atoms with E-state index in [1.54, 1.807) is 6.26 Å². The van der Waals surface area contributed by atoms with Crippen molar-refractivity contribution >= 4 is 53.1 Å². The molecule has 2 heterocycles. The maximum Gasteiger partial charge on any atom is 0.194 e. The lowest BCUT2D eigenvalue weighted by atomic mass is 10.1. The summed E-state index contributed by atoms with van der Waals surface area (Å²) < 4.78 is 4.91. The molecule has 0 amide bonds. The summed E-state index contributed by atoms with van der Waals surface area (Å²) in [6, 6.07) is 7.51. The quantitative estimate of drug-likeness (QED) is 0.344. The predicted octanol–water partition coefficient (Wildman–Crippen LogP) is 3.93. The fourth-order valence-corrected chi connectivity index (χ4v) is 3.72. The number of aromatic nitrogens is 1. The minimum Gasteiger partial charge on any atom is -0.364 e. The molecule has 1 aromatic heterocycles. The van der Waals surface area contributed by atoms with Crippen molar-refractivity contribution in [3.8, 4) is 0 Å². The first-order valence-corrected chi connectivity index (χ1v) is 10.0. The summed E-state index contributed by atoms with van der Waals surface area (Å²) in [5.41, 5.74) is 1.93. The Labute approximate surface area is 193 Å². The molecule has 3 rings (SSSR count). The first kappa shape index (κ1) is 23.3. The molecular formula is C19H26Cl2IN5O. The van der Waals surface area contributed by atoms with E-state index in [4.69, 9.17) is 32.7 Å². The highest BCUT2D eigenvalue weighted by Crippen LogP contribution is 2.24. The summed E-state index contributed by atoms with van der Waals surface area (Å²) in [6.45, 7) is 8.17. The predicted molar refractivity (Wildman–Crippen MR) is 125 cm³/mol. The summed E-state index contributed by atoms with van der Waals surface area (Å²) in [4.78, 5) is 9.46. The number of piperazine rings is 1. The van der Waals surface area contributed by atoms with Crippen molar-refractivity contribution < 1.29 is 4.52 Å².